The zero-order valence-corrected chi connectivity index (χ0v) is 18.0. The van der Waals surface area contributed by atoms with E-state index in [1.807, 2.05) is 0 Å². The monoisotopic (exact) mass is 455 g/mol. The average molecular weight is 455 g/mol. The minimum atomic E-state index is -2.29. The maximum absolute atomic E-state index is 12.3. The molecule has 1 aliphatic rings. The molecule has 12 nitrogen and oxygen atoms in total. The Labute approximate surface area is 184 Å². The molecule has 0 radical (unpaired) electrons. The Morgan fingerprint density at radius 3 is 2.59 bits per heavy atom. The number of carbonyl (C=O) groups is 3. The molecule has 1 unspecified atom stereocenters. The summed E-state index contributed by atoms with van der Waals surface area (Å²) in [6, 6.07) is 2.05. The van der Waals surface area contributed by atoms with Crippen LogP contribution in [0.1, 0.15) is 23.7 Å². The van der Waals surface area contributed by atoms with Crippen molar-refractivity contribution < 1.29 is 43.5 Å². The van der Waals surface area contributed by atoms with Crippen molar-refractivity contribution in [3.05, 3.63) is 23.8 Å². The number of rotatable bonds is 10. The van der Waals surface area contributed by atoms with E-state index in [0.717, 1.165) is 0 Å². The van der Waals surface area contributed by atoms with Crippen LogP contribution in [0, 0.1) is 0 Å². The molecule has 32 heavy (non-hydrogen) atoms. The van der Waals surface area contributed by atoms with Gasteiger partial charge in [-0.2, -0.15) is 0 Å². The lowest BCUT2D eigenvalue weighted by molar-refractivity contribution is -0.272. The first-order valence-corrected chi connectivity index (χ1v) is 9.79. The number of aliphatic hydroxyl groups is 1. The molecule has 0 saturated carbocycles. The molecule has 1 aromatic rings. The largest absolute Gasteiger partial charge is 0.496 e. The zero-order chi connectivity index (χ0) is 24.1. The summed E-state index contributed by atoms with van der Waals surface area (Å²) >= 11 is 0. The first-order valence-electron chi connectivity index (χ1n) is 9.79. The van der Waals surface area contributed by atoms with Crippen LogP contribution in [-0.2, 0) is 19.1 Å². The molecular formula is C20H29N3O9. The van der Waals surface area contributed by atoms with Crippen LogP contribution in [0.3, 0.4) is 0 Å². The van der Waals surface area contributed by atoms with Gasteiger partial charge < -0.3 is 45.9 Å². The molecule has 0 bridgehead atoms. The molecule has 6 atom stereocenters. The number of aliphatic hydroxyl groups excluding tert-OH is 1. The topological polar surface area (TPSA) is 193 Å². The number of aliphatic carboxylic acids is 1. The number of carbonyl (C=O) groups excluding carboxylic acids is 2. The predicted molar refractivity (Wildman–Crippen MR) is 110 cm³/mol. The fourth-order valence-corrected chi connectivity index (χ4v) is 3.57. The van der Waals surface area contributed by atoms with E-state index in [1.54, 1.807) is 0 Å². The van der Waals surface area contributed by atoms with Gasteiger partial charge in [-0.05, 0) is 12.1 Å². The Morgan fingerprint density at radius 1 is 1.41 bits per heavy atom. The normalized spacial score (nSPS) is 27.1. The number of carboxylic acid groups (broad SMARTS) is 1. The second kappa shape index (κ2) is 10.7. The Bertz CT molecular complexity index is 837. The smallest absolute Gasteiger partial charge is 0.377 e. The lowest BCUT2D eigenvalue weighted by Crippen LogP contribution is -2.70. The first-order chi connectivity index (χ1) is 15.1. The quantitative estimate of drug-likeness (QED) is 0.261. The lowest BCUT2D eigenvalue weighted by Gasteiger charge is -2.47. The second-order valence-electron chi connectivity index (χ2n) is 7.35. The molecule has 178 valence electrons. The van der Waals surface area contributed by atoms with Gasteiger partial charge in [0, 0.05) is 26.6 Å². The van der Waals surface area contributed by atoms with Crippen LogP contribution in [-0.4, -0.2) is 85.3 Å². The van der Waals surface area contributed by atoms with Gasteiger partial charge in [0.05, 0.1) is 43.4 Å². The summed E-state index contributed by atoms with van der Waals surface area (Å²) in [7, 11) is 2.68. The van der Waals surface area contributed by atoms with Crippen LogP contribution in [0.5, 0.6) is 11.5 Å². The number of amides is 1. The lowest BCUT2D eigenvalue weighted by atomic mass is 9.87. The molecule has 0 aliphatic carbocycles. The van der Waals surface area contributed by atoms with Gasteiger partial charge in [-0.1, -0.05) is 0 Å². The van der Waals surface area contributed by atoms with Crippen LogP contribution in [0.2, 0.25) is 0 Å². The molecule has 1 fully saturated rings. The first kappa shape index (κ1) is 25.5. The van der Waals surface area contributed by atoms with Gasteiger partial charge in [-0.3, -0.25) is 9.59 Å². The Morgan fingerprint density at radius 2 is 2.09 bits per heavy atom. The molecule has 0 spiro atoms. The third-order valence-electron chi connectivity index (χ3n) is 5.23. The Kier molecular flexibility index (Phi) is 8.52. The van der Waals surface area contributed by atoms with E-state index < -0.39 is 48.1 Å². The minimum absolute atomic E-state index is 0.0365. The zero-order valence-electron chi connectivity index (χ0n) is 18.0. The highest BCUT2D eigenvalue weighted by atomic mass is 16.7. The summed E-state index contributed by atoms with van der Waals surface area (Å²) in [5.74, 6) is -4.01. The van der Waals surface area contributed by atoms with E-state index in [1.165, 1.54) is 39.3 Å². The molecule has 1 heterocycles. The SMILES string of the molecule is COc1cc(O[C@]2(C(=O)O)C[C@H](OC)[C@@H](NC(C)=O)C([C@@H](N)[C@@H](O)CN)O2)ccc1C=O. The van der Waals surface area contributed by atoms with Crippen molar-refractivity contribution in [2.24, 2.45) is 11.5 Å². The second-order valence-corrected chi connectivity index (χ2v) is 7.35. The molecule has 1 saturated heterocycles. The van der Waals surface area contributed by atoms with Gasteiger partial charge in [-0.15, -0.1) is 0 Å². The van der Waals surface area contributed by atoms with Crippen molar-refractivity contribution in [3.8, 4) is 11.5 Å². The summed E-state index contributed by atoms with van der Waals surface area (Å²) in [5, 5.41) is 22.9. The summed E-state index contributed by atoms with van der Waals surface area (Å²) in [4.78, 5) is 35.2. The number of ether oxygens (including phenoxy) is 4. The summed E-state index contributed by atoms with van der Waals surface area (Å²) < 4.78 is 22.2. The highest BCUT2D eigenvalue weighted by Crippen LogP contribution is 2.36. The van der Waals surface area contributed by atoms with Gasteiger partial charge in [0.25, 0.3) is 0 Å². The third kappa shape index (κ3) is 5.34. The maximum Gasteiger partial charge on any atom is 0.377 e. The van der Waals surface area contributed by atoms with E-state index >= 15 is 0 Å². The van der Waals surface area contributed by atoms with Crippen molar-refractivity contribution in [1.29, 1.82) is 0 Å². The Hall–Kier alpha value is -2.77. The van der Waals surface area contributed by atoms with Crippen LogP contribution in [0.15, 0.2) is 18.2 Å². The fourth-order valence-electron chi connectivity index (χ4n) is 3.57. The maximum atomic E-state index is 12.3. The van der Waals surface area contributed by atoms with E-state index in [4.69, 9.17) is 30.4 Å². The molecule has 7 N–H and O–H groups in total. The van der Waals surface area contributed by atoms with Crippen molar-refractivity contribution in [2.75, 3.05) is 20.8 Å². The molecule has 1 aliphatic heterocycles. The minimum Gasteiger partial charge on any atom is -0.496 e. The van der Waals surface area contributed by atoms with E-state index in [-0.39, 0.29) is 30.0 Å². The molecular weight excluding hydrogens is 426 g/mol. The van der Waals surface area contributed by atoms with Gasteiger partial charge in [0.15, 0.2) is 6.29 Å². The average Bonchev–Trinajstić information content (AvgIpc) is 2.78. The van der Waals surface area contributed by atoms with E-state index in [9.17, 15) is 24.6 Å². The molecule has 12 heteroatoms. The van der Waals surface area contributed by atoms with Crippen LogP contribution in [0.4, 0.5) is 0 Å². The van der Waals surface area contributed by atoms with Crippen LogP contribution >= 0.6 is 0 Å². The number of carboxylic acids is 1. The Balaban J connectivity index is 2.50. The van der Waals surface area contributed by atoms with Gasteiger partial charge in [0.1, 0.15) is 17.6 Å². The summed E-state index contributed by atoms with van der Waals surface area (Å²) in [6.07, 6.45) is -3.15. The highest BCUT2D eigenvalue weighted by molar-refractivity contribution is 5.80. The summed E-state index contributed by atoms with van der Waals surface area (Å²) in [6.45, 7) is 1.04. The number of nitrogens with two attached hydrogens (primary N) is 2. The molecule has 1 amide bonds. The molecule has 0 aromatic heterocycles. The van der Waals surface area contributed by atoms with Gasteiger partial charge in [0.2, 0.25) is 5.91 Å². The number of benzene rings is 1. The highest BCUT2D eigenvalue weighted by Gasteiger charge is 2.56. The van der Waals surface area contributed by atoms with Gasteiger partial charge in [-0.25, -0.2) is 4.79 Å². The molecule has 2 rings (SSSR count). The van der Waals surface area contributed by atoms with E-state index in [2.05, 4.69) is 5.32 Å². The number of nitrogens with one attached hydrogen (secondary N) is 1. The number of aldehydes is 1. The van der Waals surface area contributed by atoms with Crippen molar-refractivity contribution in [3.63, 3.8) is 0 Å². The number of hydrogen-bond donors (Lipinski definition) is 5. The van der Waals surface area contributed by atoms with Crippen molar-refractivity contribution in [2.45, 2.75) is 49.5 Å². The van der Waals surface area contributed by atoms with E-state index in [0.29, 0.717) is 6.29 Å². The van der Waals surface area contributed by atoms with Crippen LogP contribution < -0.4 is 26.3 Å². The fraction of sp³-hybridized carbons (Fsp3) is 0.550. The van der Waals surface area contributed by atoms with Crippen molar-refractivity contribution in [1.82, 2.24) is 5.32 Å². The standard InChI is InChI=1S/C20H29N3O9/c1-10(25)23-17-15(30-3)7-20(19(27)28,32-18(17)16(22)13(26)8-21)31-12-5-4-11(9-24)14(6-12)29-2/h4-6,9,13,15-18,26H,7-8,21-22H2,1-3H3,(H,23,25)(H,27,28)/t13-,15-,16-,17+,18?,20+/m0/s1. The molecule has 1 aromatic carbocycles. The predicted octanol–water partition coefficient (Wildman–Crippen LogP) is -1.38. The van der Waals surface area contributed by atoms with Crippen molar-refractivity contribution >= 4 is 18.2 Å². The number of hydrogen-bond acceptors (Lipinski definition) is 10. The number of methoxy groups -OCH3 is 2. The third-order valence-corrected chi connectivity index (χ3v) is 5.23. The van der Waals surface area contributed by atoms with Gasteiger partial charge >= 0.3 is 11.8 Å². The summed E-state index contributed by atoms with van der Waals surface area (Å²) in [5.41, 5.74) is 11.9. The van der Waals surface area contributed by atoms with Crippen LogP contribution in [0.25, 0.3) is 0 Å².